The lowest BCUT2D eigenvalue weighted by molar-refractivity contribution is -0.274. The predicted molar refractivity (Wildman–Crippen MR) is 95.9 cm³/mol. The lowest BCUT2D eigenvalue weighted by atomic mass is 9.81. The van der Waals surface area contributed by atoms with Crippen molar-refractivity contribution >= 4 is 0 Å². The second-order valence-corrected chi connectivity index (χ2v) is 6.82. The van der Waals surface area contributed by atoms with Crippen LogP contribution in [0.4, 0.5) is 17.6 Å². The zero-order valence-electron chi connectivity index (χ0n) is 15.0. The third kappa shape index (κ3) is 5.26. The first-order chi connectivity index (χ1) is 12.8. The number of alkyl halides is 3. The zero-order valence-corrected chi connectivity index (χ0v) is 15.0. The Hall–Kier alpha value is -2.48. The van der Waals surface area contributed by atoms with Gasteiger partial charge in [0.2, 0.25) is 0 Å². The third-order valence-corrected chi connectivity index (χ3v) is 4.75. The molecule has 1 atom stereocenters. The van der Waals surface area contributed by atoms with Crippen molar-refractivity contribution in [1.29, 1.82) is 0 Å². The molecule has 0 amide bonds. The molecule has 5 heteroatoms. The van der Waals surface area contributed by atoms with Crippen molar-refractivity contribution in [2.45, 2.75) is 45.4 Å². The van der Waals surface area contributed by atoms with Gasteiger partial charge in [0.05, 0.1) is 5.56 Å². The lowest BCUT2D eigenvalue weighted by Gasteiger charge is -2.24. The molecule has 0 spiro atoms. The van der Waals surface area contributed by atoms with E-state index in [0.717, 1.165) is 43.2 Å². The molecule has 27 heavy (non-hydrogen) atoms. The standard InChI is InChI=1S/C22H20F4O/c1-2-3-16-5-8-17-13-18(21(23)14-19(17)12-16)9-4-15-6-10-20(11-7-15)27-22(24,25)26/h6-7,10-11,13-14,16H,2-3,5,8,12H2,1H3. The van der Waals surface area contributed by atoms with Crippen molar-refractivity contribution in [3.63, 3.8) is 0 Å². The largest absolute Gasteiger partial charge is 0.573 e. The van der Waals surface area contributed by atoms with Crippen LogP contribution in [0.3, 0.4) is 0 Å². The molecule has 1 aliphatic carbocycles. The molecule has 0 saturated carbocycles. The first kappa shape index (κ1) is 19.3. The summed E-state index contributed by atoms with van der Waals surface area (Å²) < 4.78 is 54.7. The molecule has 0 saturated heterocycles. The molecule has 1 nitrogen and oxygen atoms in total. The van der Waals surface area contributed by atoms with E-state index in [9.17, 15) is 17.6 Å². The van der Waals surface area contributed by atoms with E-state index in [2.05, 4.69) is 23.5 Å². The van der Waals surface area contributed by atoms with Gasteiger partial charge in [-0.05, 0) is 72.7 Å². The Morgan fingerprint density at radius 1 is 1.07 bits per heavy atom. The summed E-state index contributed by atoms with van der Waals surface area (Å²) in [5, 5.41) is 0. The zero-order chi connectivity index (χ0) is 19.4. The fourth-order valence-electron chi connectivity index (χ4n) is 3.48. The van der Waals surface area contributed by atoms with Crippen LogP contribution in [0.1, 0.15) is 48.4 Å². The van der Waals surface area contributed by atoms with Gasteiger partial charge in [-0.15, -0.1) is 13.2 Å². The highest BCUT2D eigenvalue weighted by molar-refractivity contribution is 5.48. The second-order valence-electron chi connectivity index (χ2n) is 6.82. The molecular weight excluding hydrogens is 356 g/mol. The summed E-state index contributed by atoms with van der Waals surface area (Å²) >= 11 is 0. The van der Waals surface area contributed by atoms with Crippen LogP contribution in [-0.4, -0.2) is 6.36 Å². The van der Waals surface area contributed by atoms with E-state index in [-0.39, 0.29) is 11.6 Å². The number of hydrogen-bond donors (Lipinski definition) is 0. The Morgan fingerprint density at radius 3 is 2.48 bits per heavy atom. The molecular formula is C22H20F4O. The molecule has 3 rings (SSSR count). The Morgan fingerprint density at radius 2 is 1.81 bits per heavy atom. The van der Waals surface area contributed by atoms with E-state index in [1.807, 2.05) is 0 Å². The molecule has 0 fully saturated rings. The summed E-state index contributed by atoms with van der Waals surface area (Å²) in [4.78, 5) is 0. The number of halogens is 4. The van der Waals surface area contributed by atoms with Crippen LogP contribution in [0, 0.1) is 23.6 Å². The second kappa shape index (κ2) is 8.04. The van der Waals surface area contributed by atoms with E-state index in [4.69, 9.17) is 0 Å². The minimum Gasteiger partial charge on any atom is -0.406 e. The van der Waals surface area contributed by atoms with E-state index >= 15 is 0 Å². The maximum atomic E-state index is 14.4. The number of rotatable bonds is 3. The number of hydrogen-bond acceptors (Lipinski definition) is 1. The van der Waals surface area contributed by atoms with Crippen molar-refractivity contribution in [1.82, 2.24) is 0 Å². The van der Waals surface area contributed by atoms with Crippen LogP contribution in [0.15, 0.2) is 36.4 Å². The molecule has 0 heterocycles. The molecule has 142 valence electrons. The minimum absolute atomic E-state index is 0.311. The van der Waals surface area contributed by atoms with Gasteiger partial charge in [-0.3, -0.25) is 0 Å². The normalized spacial score (nSPS) is 16.3. The first-order valence-electron chi connectivity index (χ1n) is 9.03. The van der Waals surface area contributed by atoms with Crippen molar-refractivity contribution in [3.8, 4) is 17.6 Å². The number of benzene rings is 2. The fourth-order valence-corrected chi connectivity index (χ4v) is 3.48. The minimum atomic E-state index is -4.73. The van der Waals surface area contributed by atoms with Gasteiger partial charge < -0.3 is 4.74 Å². The summed E-state index contributed by atoms with van der Waals surface area (Å²) in [7, 11) is 0. The smallest absolute Gasteiger partial charge is 0.406 e. The van der Waals surface area contributed by atoms with Gasteiger partial charge in [0, 0.05) is 5.56 Å². The Bertz CT molecular complexity index is 857. The highest BCUT2D eigenvalue weighted by atomic mass is 19.4. The SMILES string of the molecule is CCCC1CCc2cc(C#Cc3ccc(OC(F)(F)F)cc3)c(F)cc2C1. The number of ether oxygens (including phenoxy) is 1. The molecule has 0 bridgehead atoms. The number of fused-ring (bicyclic) bond motifs is 1. The molecule has 1 aliphatic rings. The third-order valence-electron chi connectivity index (χ3n) is 4.75. The quantitative estimate of drug-likeness (QED) is 0.469. The molecule has 0 aliphatic heterocycles. The Balaban J connectivity index is 1.75. The van der Waals surface area contributed by atoms with E-state index in [1.54, 1.807) is 12.1 Å². The molecule has 0 radical (unpaired) electrons. The molecule has 1 unspecified atom stereocenters. The summed E-state index contributed by atoms with van der Waals surface area (Å²) in [5.74, 6) is 5.56. The van der Waals surface area contributed by atoms with Crippen molar-refractivity contribution in [3.05, 3.63) is 64.5 Å². The average molecular weight is 376 g/mol. The number of aryl methyl sites for hydroxylation is 1. The van der Waals surface area contributed by atoms with Crippen LogP contribution in [0.2, 0.25) is 0 Å². The Kier molecular flexibility index (Phi) is 5.74. The van der Waals surface area contributed by atoms with Gasteiger partial charge in [0.1, 0.15) is 11.6 Å². The van der Waals surface area contributed by atoms with Gasteiger partial charge in [-0.25, -0.2) is 4.39 Å². The van der Waals surface area contributed by atoms with Crippen molar-refractivity contribution in [2.24, 2.45) is 5.92 Å². The van der Waals surface area contributed by atoms with Crippen molar-refractivity contribution < 1.29 is 22.3 Å². The van der Waals surface area contributed by atoms with Crippen LogP contribution >= 0.6 is 0 Å². The highest BCUT2D eigenvalue weighted by Gasteiger charge is 2.30. The van der Waals surface area contributed by atoms with E-state index in [0.29, 0.717) is 17.0 Å². The van der Waals surface area contributed by atoms with Gasteiger partial charge in [-0.1, -0.05) is 31.6 Å². The van der Waals surface area contributed by atoms with Crippen LogP contribution in [0.25, 0.3) is 0 Å². The van der Waals surface area contributed by atoms with Crippen LogP contribution in [-0.2, 0) is 12.8 Å². The molecule has 2 aromatic rings. The summed E-state index contributed by atoms with van der Waals surface area (Å²) in [6, 6.07) is 8.60. The molecule has 2 aromatic carbocycles. The lowest BCUT2D eigenvalue weighted by Crippen LogP contribution is -2.16. The predicted octanol–water partition coefficient (Wildman–Crippen LogP) is 6.03. The first-order valence-corrected chi connectivity index (χ1v) is 9.03. The maximum absolute atomic E-state index is 14.4. The van der Waals surface area contributed by atoms with E-state index in [1.165, 1.54) is 24.3 Å². The topological polar surface area (TPSA) is 9.23 Å². The maximum Gasteiger partial charge on any atom is 0.573 e. The summed E-state index contributed by atoms with van der Waals surface area (Å²) in [6.07, 6.45) is 0.526. The van der Waals surface area contributed by atoms with Gasteiger partial charge in [0.15, 0.2) is 0 Å². The van der Waals surface area contributed by atoms with Crippen LogP contribution in [0.5, 0.6) is 5.75 Å². The summed E-state index contributed by atoms with van der Waals surface area (Å²) in [5.41, 5.74) is 3.02. The molecule has 0 N–H and O–H groups in total. The van der Waals surface area contributed by atoms with E-state index < -0.39 is 6.36 Å². The average Bonchev–Trinajstić information content (AvgIpc) is 2.60. The summed E-state index contributed by atoms with van der Waals surface area (Å²) in [6.45, 7) is 2.16. The highest BCUT2D eigenvalue weighted by Crippen LogP contribution is 2.30. The van der Waals surface area contributed by atoms with Crippen LogP contribution < -0.4 is 4.74 Å². The monoisotopic (exact) mass is 376 g/mol. The van der Waals surface area contributed by atoms with Gasteiger partial charge in [0.25, 0.3) is 0 Å². The van der Waals surface area contributed by atoms with Crippen molar-refractivity contribution in [2.75, 3.05) is 0 Å². The Labute approximate surface area is 156 Å². The van der Waals surface area contributed by atoms with Gasteiger partial charge >= 0.3 is 6.36 Å². The fraction of sp³-hybridized carbons (Fsp3) is 0.364. The molecule has 0 aromatic heterocycles. The van der Waals surface area contributed by atoms with Gasteiger partial charge in [-0.2, -0.15) is 0 Å².